The average Bonchev–Trinajstić information content (AvgIpc) is 2.62. The Hall–Kier alpha value is -0.710. The maximum atomic E-state index is 12.2. The number of piperazine rings is 1. The molecule has 3 nitrogen and oxygen atoms in total. The van der Waals surface area contributed by atoms with Crippen LogP contribution in [0.15, 0.2) is 0 Å². The zero-order chi connectivity index (χ0) is 10.1. The van der Waals surface area contributed by atoms with Crippen molar-refractivity contribution in [1.29, 1.82) is 0 Å². The summed E-state index contributed by atoms with van der Waals surface area (Å²) in [5.41, 5.74) is 0. The van der Waals surface area contributed by atoms with Crippen LogP contribution < -0.4 is 0 Å². The molecule has 0 saturated carbocycles. The predicted molar refractivity (Wildman–Crippen MR) is 47.2 cm³/mol. The largest absolute Gasteiger partial charge is 0.335 e. The van der Waals surface area contributed by atoms with E-state index in [2.05, 4.69) is 4.90 Å². The van der Waals surface area contributed by atoms with Crippen molar-refractivity contribution in [3.05, 3.63) is 0 Å². The van der Waals surface area contributed by atoms with Crippen molar-refractivity contribution in [2.45, 2.75) is 25.3 Å². The van der Waals surface area contributed by atoms with Crippen molar-refractivity contribution in [2.75, 3.05) is 26.2 Å². The molecule has 0 aromatic heterocycles. The molecular formula is C9H14F2N2O. The van der Waals surface area contributed by atoms with Gasteiger partial charge in [0, 0.05) is 25.7 Å². The van der Waals surface area contributed by atoms with Crippen LogP contribution in [0.1, 0.15) is 12.8 Å². The topological polar surface area (TPSA) is 23.6 Å². The van der Waals surface area contributed by atoms with E-state index in [1.807, 2.05) is 0 Å². The number of amides is 1. The first-order valence-corrected chi connectivity index (χ1v) is 4.99. The molecule has 2 heterocycles. The van der Waals surface area contributed by atoms with Gasteiger partial charge in [0.1, 0.15) is 0 Å². The number of halogens is 2. The zero-order valence-electron chi connectivity index (χ0n) is 7.96. The third-order valence-corrected chi connectivity index (χ3v) is 3.09. The second-order valence-corrected chi connectivity index (χ2v) is 3.92. The predicted octanol–water partition coefficient (Wildman–Crippen LogP) is 0.558. The molecule has 2 saturated heterocycles. The van der Waals surface area contributed by atoms with E-state index in [1.54, 1.807) is 0 Å². The Morgan fingerprint density at radius 2 is 2.07 bits per heavy atom. The van der Waals surface area contributed by atoms with Crippen LogP contribution in [-0.2, 0) is 4.79 Å². The van der Waals surface area contributed by atoms with E-state index in [1.165, 1.54) is 4.90 Å². The molecule has 1 atom stereocenters. The molecule has 0 spiro atoms. The van der Waals surface area contributed by atoms with Gasteiger partial charge in [-0.05, 0) is 19.4 Å². The van der Waals surface area contributed by atoms with Crippen molar-refractivity contribution in [2.24, 2.45) is 0 Å². The summed E-state index contributed by atoms with van der Waals surface area (Å²) in [5, 5.41) is 0. The fraction of sp³-hybridized carbons (Fsp3) is 0.889. The fourth-order valence-electron chi connectivity index (χ4n) is 2.33. The molecule has 0 radical (unpaired) electrons. The van der Waals surface area contributed by atoms with Gasteiger partial charge in [-0.3, -0.25) is 9.69 Å². The maximum absolute atomic E-state index is 12.2. The third-order valence-electron chi connectivity index (χ3n) is 3.09. The highest BCUT2D eigenvalue weighted by atomic mass is 19.3. The lowest BCUT2D eigenvalue weighted by atomic mass is 10.1. The van der Waals surface area contributed by atoms with Gasteiger partial charge in [-0.25, -0.2) is 0 Å². The monoisotopic (exact) mass is 204 g/mol. The van der Waals surface area contributed by atoms with Crippen molar-refractivity contribution in [3.63, 3.8) is 0 Å². The van der Waals surface area contributed by atoms with Gasteiger partial charge < -0.3 is 4.90 Å². The van der Waals surface area contributed by atoms with E-state index in [9.17, 15) is 13.6 Å². The smallest absolute Gasteiger partial charge is 0.315 e. The van der Waals surface area contributed by atoms with E-state index >= 15 is 0 Å². The minimum Gasteiger partial charge on any atom is -0.335 e. The zero-order valence-corrected chi connectivity index (χ0v) is 7.96. The molecule has 2 rings (SSSR count). The SMILES string of the molecule is O=C(C(F)F)N1CCN2CCCC2C1. The average molecular weight is 204 g/mol. The summed E-state index contributed by atoms with van der Waals surface area (Å²) < 4.78 is 24.3. The van der Waals surface area contributed by atoms with Gasteiger partial charge >= 0.3 is 6.43 Å². The van der Waals surface area contributed by atoms with Gasteiger partial charge in [-0.1, -0.05) is 0 Å². The maximum Gasteiger partial charge on any atom is 0.315 e. The number of carbonyl (C=O) groups excluding carboxylic acids is 1. The number of fused-ring (bicyclic) bond motifs is 1. The van der Waals surface area contributed by atoms with Crippen molar-refractivity contribution >= 4 is 5.91 Å². The molecule has 1 amide bonds. The van der Waals surface area contributed by atoms with E-state index in [4.69, 9.17) is 0 Å². The highest BCUT2D eigenvalue weighted by molar-refractivity contribution is 5.79. The van der Waals surface area contributed by atoms with Crippen molar-refractivity contribution < 1.29 is 13.6 Å². The van der Waals surface area contributed by atoms with Crippen LogP contribution in [0.5, 0.6) is 0 Å². The Morgan fingerprint density at radius 3 is 2.79 bits per heavy atom. The lowest BCUT2D eigenvalue weighted by Crippen LogP contribution is -2.53. The highest BCUT2D eigenvalue weighted by Gasteiger charge is 2.34. The standard InChI is InChI=1S/C9H14F2N2O/c10-8(11)9(14)13-5-4-12-3-1-2-7(12)6-13/h7-8H,1-6H2. The summed E-state index contributed by atoms with van der Waals surface area (Å²) >= 11 is 0. The summed E-state index contributed by atoms with van der Waals surface area (Å²) in [6.45, 7) is 2.76. The quantitative estimate of drug-likeness (QED) is 0.623. The summed E-state index contributed by atoms with van der Waals surface area (Å²) in [7, 11) is 0. The third kappa shape index (κ3) is 1.73. The van der Waals surface area contributed by atoms with Crippen LogP contribution in [-0.4, -0.2) is 54.4 Å². The first kappa shape index (κ1) is 9.83. The molecular weight excluding hydrogens is 190 g/mol. The molecule has 0 aromatic carbocycles. The van der Waals surface area contributed by atoms with Gasteiger partial charge in [0.05, 0.1) is 0 Å². The Bertz CT molecular complexity index is 235. The van der Waals surface area contributed by atoms with Crippen molar-refractivity contribution in [3.8, 4) is 0 Å². The second kappa shape index (κ2) is 3.81. The first-order chi connectivity index (χ1) is 6.68. The summed E-state index contributed by atoms with van der Waals surface area (Å²) in [6.07, 6.45) is -0.683. The molecule has 2 aliphatic rings. The summed E-state index contributed by atoms with van der Waals surface area (Å²) in [5.74, 6) is -1.00. The van der Waals surface area contributed by atoms with Crippen LogP contribution in [0.2, 0.25) is 0 Å². The van der Waals surface area contributed by atoms with Crippen LogP contribution >= 0.6 is 0 Å². The van der Waals surface area contributed by atoms with Gasteiger partial charge in [-0.15, -0.1) is 0 Å². The number of carbonyl (C=O) groups is 1. The molecule has 0 aliphatic carbocycles. The van der Waals surface area contributed by atoms with E-state index in [0.29, 0.717) is 19.1 Å². The lowest BCUT2D eigenvalue weighted by molar-refractivity contribution is -0.145. The van der Waals surface area contributed by atoms with Gasteiger partial charge in [0.2, 0.25) is 0 Å². The Labute approximate surface area is 81.7 Å². The summed E-state index contributed by atoms with van der Waals surface area (Å²) in [6, 6.07) is 0.325. The lowest BCUT2D eigenvalue weighted by Gasteiger charge is -2.37. The minimum absolute atomic E-state index is 0.325. The molecule has 80 valence electrons. The number of alkyl halides is 2. The van der Waals surface area contributed by atoms with Crippen LogP contribution in [0, 0.1) is 0 Å². The Morgan fingerprint density at radius 1 is 1.29 bits per heavy atom. The molecule has 0 aromatic rings. The Balaban J connectivity index is 1.94. The van der Waals surface area contributed by atoms with Gasteiger partial charge in [-0.2, -0.15) is 8.78 Å². The molecule has 0 bridgehead atoms. The van der Waals surface area contributed by atoms with E-state index in [0.717, 1.165) is 25.9 Å². The van der Waals surface area contributed by atoms with Crippen LogP contribution in [0.3, 0.4) is 0 Å². The normalized spacial score (nSPS) is 28.2. The van der Waals surface area contributed by atoms with E-state index in [-0.39, 0.29) is 0 Å². The molecule has 1 unspecified atom stereocenters. The Kier molecular flexibility index (Phi) is 2.67. The summed E-state index contributed by atoms with van der Waals surface area (Å²) in [4.78, 5) is 14.6. The fourth-order valence-corrected chi connectivity index (χ4v) is 2.33. The van der Waals surface area contributed by atoms with E-state index < -0.39 is 12.3 Å². The molecule has 5 heteroatoms. The minimum atomic E-state index is -2.84. The van der Waals surface area contributed by atoms with Gasteiger partial charge in [0.15, 0.2) is 0 Å². The molecule has 2 aliphatic heterocycles. The van der Waals surface area contributed by atoms with Gasteiger partial charge in [0.25, 0.3) is 5.91 Å². The van der Waals surface area contributed by atoms with Crippen molar-refractivity contribution in [1.82, 2.24) is 9.80 Å². The number of hydrogen-bond donors (Lipinski definition) is 0. The number of rotatable bonds is 1. The second-order valence-electron chi connectivity index (χ2n) is 3.92. The number of hydrogen-bond acceptors (Lipinski definition) is 2. The molecule has 0 N–H and O–H groups in total. The van der Waals surface area contributed by atoms with Crippen LogP contribution in [0.25, 0.3) is 0 Å². The highest BCUT2D eigenvalue weighted by Crippen LogP contribution is 2.22. The molecule has 14 heavy (non-hydrogen) atoms. The van der Waals surface area contributed by atoms with Crippen LogP contribution in [0.4, 0.5) is 8.78 Å². The number of nitrogens with zero attached hydrogens (tertiary/aromatic N) is 2. The first-order valence-electron chi connectivity index (χ1n) is 4.99. The molecule has 2 fully saturated rings.